The van der Waals surface area contributed by atoms with Gasteiger partial charge in [-0.25, -0.2) is 9.48 Å². The van der Waals surface area contributed by atoms with Gasteiger partial charge in [0.25, 0.3) is 11.2 Å². The first-order valence-corrected chi connectivity index (χ1v) is 7.56. The van der Waals surface area contributed by atoms with Crippen molar-refractivity contribution in [3.63, 3.8) is 0 Å². The van der Waals surface area contributed by atoms with Crippen LogP contribution < -0.4 is 5.56 Å². The second kappa shape index (κ2) is 7.01. The van der Waals surface area contributed by atoms with E-state index in [4.69, 9.17) is 0 Å². The fraction of sp³-hybridized carbons (Fsp3) is 0.118. The number of nitro groups is 1. The van der Waals surface area contributed by atoms with Gasteiger partial charge in [0.2, 0.25) is 0 Å². The minimum Gasteiger partial charge on any atom is -0.465 e. The molecule has 0 aliphatic carbocycles. The van der Waals surface area contributed by atoms with Gasteiger partial charge in [0.05, 0.1) is 36.7 Å². The highest BCUT2D eigenvalue weighted by atomic mass is 16.6. The summed E-state index contributed by atoms with van der Waals surface area (Å²) in [7, 11) is 1.11. The normalized spacial score (nSPS) is 10.5. The topological polar surface area (TPSA) is 109 Å². The van der Waals surface area contributed by atoms with E-state index in [0.717, 1.165) is 29.6 Å². The van der Waals surface area contributed by atoms with Crippen molar-refractivity contribution in [1.29, 1.82) is 0 Å². The minimum atomic E-state index is -0.924. The maximum absolute atomic E-state index is 12.4. The number of para-hydroxylation sites is 1. The average Bonchev–Trinajstić information content (AvgIpc) is 3.12. The maximum atomic E-state index is 12.4. The van der Waals surface area contributed by atoms with E-state index < -0.39 is 22.0 Å². The lowest BCUT2D eigenvalue weighted by atomic mass is 10.2. The van der Waals surface area contributed by atoms with Crippen LogP contribution in [0.25, 0.3) is 5.69 Å². The summed E-state index contributed by atoms with van der Waals surface area (Å²) in [5.74, 6) is -0.924. The fourth-order valence-electron chi connectivity index (χ4n) is 2.45. The number of carbonyl (C=O) groups excluding carboxylic acids is 1. The first kappa shape index (κ1) is 17.1. The average molecular weight is 354 g/mol. The molecule has 2 heterocycles. The summed E-state index contributed by atoms with van der Waals surface area (Å²) in [6.45, 7) is 0.0251. The van der Waals surface area contributed by atoms with Crippen molar-refractivity contribution in [3.05, 3.63) is 86.6 Å². The number of hydrogen-bond donors (Lipinski definition) is 0. The number of carbonyl (C=O) groups is 1. The first-order valence-electron chi connectivity index (χ1n) is 7.56. The number of hydrogen-bond acceptors (Lipinski definition) is 6. The molecule has 0 aliphatic rings. The monoisotopic (exact) mass is 354 g/mol. The van der Waals surface area contributed by atoms with Crippen LogP contribution in [0.4, 0.5) is 5.69 Å². The van der Waals surface area contributed by atoms with Crippen LogP contribution in [0, 0.1) is 10.1 Å². The quantitative estimate of drug-likeness (QED) is 0.392. The van der Waals surface area contributed by atoms with Gasteiger partial charge in [-0.2, -0.15) is 5.10 Å². The first-order chi connectivity index (χ1) is 12.5. The van der Waals surface area contributed by atoms with Gasteiger partial charge < -0.3 is 9.30 Å². The van der Waals surface area contributed by atoms with E-state index in [1.165, 1.54) is 0 Å². The molecular weight excluding hydrogens is 340 g/mol. The number of ether oxygens (including phenoxy) is 1. The molecule has 0 aliphatic heterocycles. The van der Waals surface area contributed by atoms with Crippen molar-refractivity contribution in [1.82, 2.24) is 14.3 Å². The van der Waals surface area contributed by atoms with E-state index in [9.17, 15) is 19.7 Å². The summed E-state index contributed by atoms with van der Waals surface area (Å²) in [6, 6.07) is 10.3. The van der Waals surface area contributed by atoms with E-state index in [-0.39, 0.29) is 12.2 Å². The number of methoxy groups -OCH3 is 1. The molecule has 1 aromatic carbocycles. The Morgan fingerprint density at radius 1 is 1.27 bits per heavy atom. The molecule has 0 N–H and O–H groups in total. The van der Waals surface area contributed by atoms with Crippen molar-refractivity contribution in [2.75, 3.05) is 7.11 Å². The van der Waals surface area contributed by atoms with E-state index in [1.807, 2.05) is 30.3 Å². The predicted octanol–water partition coefficient (Wildman–Crippen LogP) is 1.78. The van der Waals surface area contributed by atoms with Gasteiger partial charge in [-0.05, 0) is 12.1 Å². The van der Waals surface area contributed by atoms with Gasteiger partial charge >= 0.3 is 5.97 Å². The molecular formula is C17H14N4O5. The predicted molar refractivity (Wildman–Crippen MR) is 91.4 cm³/mol. The van der Waals surface area contributed by atoms with E-state index in [1.54, 1.807) is 17.1 Å². The molecule has 0 amide bonds. The molecule has 0 unspecified atom stereocenters. The van der Waals surface area contributed by atoms with Crippen LogP contribution in [-0.2, 0) is 11.3 Å². The lowest BCUT2D eigenvalue weighted by molar-refractivity contribution is -0.385. The molecule has 0 saturated heterocycles. The Hall–Kier alpha value is -3.75. The standard InChI is InChI=1S/C17H14N4O5/c1-26-17(23)15-7-14(21(24)25)11-19(16(15)22)9-12-8-18-20(10-12)13-5-3-2-4-6-13/h2-8,10-11H,9H2,1H3. The summed E-state index contributed by atoms with van der Waals surface area (Å²) in [5.41, 5.74) is 0.0418. The molecule has 2 aromatic heterocycles. The Kier molecular flexibility index (Phi) is 4.61. The zero-order valence-corrected chi connectivity index (χ0v) is 13.7. The number of rotatable bonds is 5. The molecule has 0 radical (unpaired) electrons. The van der Waals surface area contributed by atoms with Gasteiger partial charge in [0.1, 0.15) is 5.56 Å². The van der Waals surface area contributed by atoms with Crippen LogP contribution >= 0.6 is 0 Å². The van der Waals surface area contributed by atoms with Crippen LogP contribution in [0.1, 0.15) is 15.9 Å². The van der Waals surface area contributed by atoms with Crippen LogP contribution in [0.2, 0.25) is 0 Å². The largest absolute Gasteiger partial charge is 0.465 e. The molecule has 26 heavy (non-hydrogen) atoms. The second-order valence-corrected chi connectivity index (χ2v) is 5.42. The third kappa shape index (κ3) is 3.36. The third-order valence-electron chi connectivity index (χ3n) is 3.70. The lowest BCUT2D eigenvalue weighted by Crippen LogP contribution is -2.27. The molecule has 0 fully saturated rings. The number of pyridine rings is 1. The molecule has 0 saturated carbocycles. The summed E-state index contributed by atoms with van der Waals surface area (Å²) >= 11 is 0. The highest BCUT2D eigenvalue weighted by Crippen LogP contribution is 2.13. The van der Waals surface area contributed by atoms with Gasteiger partial charge in [-0.15, -0.1) is 0 Å². The zero-order chi connectivity index (χ0) is 18.7. The van der Waals surface area contributed by atoms with Gasteiger partial charge in [-0.3, -0.25) is 14.9 Å². The molecule has 0 atom stereocenters. The van der Waals surface area contributed by atoms with Gasteiger partial charge in [-0.1, -0.05) is 18.2 Å². The van der Waals surface area contributed by atoms with Crippen LogP contribution in [-0.4, -0.2) is 32.3 Å². The Balaban J connectivity index is 1.98. The van der Waals surface area contributed by atoms with Crippen molar-refractivity contribution < 1.29 is 14.5 Å². The lowest BCUT2D eigenvalue weighted by Gasteiger charge is -2.06. The van der Waals surface area contributed by atoms with E-state index >= 15 is 0 Å². The zero-order valence-electron chi connectivity index (χ0n) is 13.7. The van der Waals surface area contributed by atoms with Crippen molar-refractivity contribution in [3.8, 4) is 5.69 Å². The summed E-state index contributed by atoms with van der Waals surface area (Å²) in [5, 5.41) is 15.3. The number of benzene rings is 1. The van der Waals surface area contributed by atoms with Crippen LogP contribution in [0.15, 0.2) is 59.8 Å². The SMILES string of the molecule is COC(=O)c1cc([N+](=O)[O-])cn(Cc2cnn(-c3ccccc3)c2)c1=O. The Bertz CT molecular complexity index is 1020. The van der Waals surface area contributed by atoms with Crippen molar-refractivity contribution in [2.24, 2.45) is 0 Å². The highest BCUT2D eigenvalue weighted by molar-refractivity contribution is 5.89. The molecule has 132 valence electrons. The van der Waals surface area contributed by atoms with Gasteiger partial charge in [0.15, 0.2) is 0 Å². The molecule has 9 nitrogen and oxygen atoms in total. The smallest absolute Gasteiger partial charge is 0.343 e. The van der Waals surface area contributed by atoms with E-state index in [0.29, 0.717) is 5.56 Å². The van der Waals surface area contributed by atoms with Gasteiger partial charge in [0, 0.05) is 17.8 Å². The molecule has 3 rings (SSSR count). The summed E-state index contributed by atoms with van der Waals surface area (Å²) in [4.78, 5) is 34.6. The molecule has 0 spiro atoms. The number of esters is 1. The number of aromatic nitrogens is 3. The third-order valence-corrected chi connectivity index (χ3v) is 3.70. The molecule has 3 aromatic rings. The number of nitrogens with zero attached hydrogens (tertiary/aromatic N) is 4. The summed E-state index contributed by atoms with van der Waals surface area (Å²) in [6.07, 6.45) is 4.35. The van der Waals surface area contributed by atoms with Crippen molar-refractivity contribution in [2.45, 2.75) is 6.54 Å². The van der Waals surface area contributed by atoms with Crippen LogP contribution in [0.3, 0.4) is 0 Å². The maximum Gasteiger partial charge on any atom is 0.343 e. The Labute approximate surface area is 147 Å². The molecule has 0 bridgehead atoms. The molecule has 9 heteroatoms. The summed E-state index contributed by atoms with van der Waals surface area (Å²) < 4.78 is 7.25. The minimum absolute atomic E-state index is 0.0251. The highest BCUT2D eigenvalue weighted by Gasteiger charge is 2.20. The Morgan fingerprint density at radius 2 is 2.00 bits per heavy atom. The van der Waals surface area contributed by atoms with Crippen LogP contribution in [0.5, 0.6) is 0 Å². The van der Waals surface area contributed by atoms with E-state index in [2.05, 4.69) is 9.84 Å². The van der Waals surface area contributed by atoms with Crippen molar-refractivity contribution >= 4 is 11.7 Å². The fourth-order valence-corrected chi connectivity index (χ4v) is 2.45. The second-order valence-electron chi connectivity index (χ2n) is 5.42. The Morgan fingerprint density at radius 3 is 2.65 bits per heavy atom.